The normalized spacial score (nSPS) is 21.5. The van der Waals surface area contributed by atoms with Crippen molar-refractivity contribution in [2.45, 2.75) is 43.9 Å². The number of methoxy groups -OCH3 is 1. The second-order valence-corrected chi connectivity index (χ2v) is 10.0. The second kappa shape index (κ2) is 11.0. The molecule has 1 aromatic carbocycles. The SMILES string of the molecule is CC#CCCOc1cnc(C(=O)Nc2cc(F)c(F)c([C@]3(C)C[C@](C)(COC)SC(N)=N3)c2)cn1. The third-order valence-corrected chi connectivity index (χ3v) is 6.31. The van der Waals surface area contributed by atoms with E-state index < -0.39 is 27.8 Å². The molecule has 8 nitrogen and oxygen atoms in total. The van der Waals surface area contributed by atoms with Gasteiger partial charge in [0.05, 0.1) is 24.5 Å². The fourth-order valence-corrected chi connectivity index (χ4v) is 5.23. The highest BCUT2D eigenvalue weighted by atomic mass is 32.2. The molecule has 0 fully saturated rings. The molecule has 0 radical (unpaired) electrons. The smallest absolute Gasteiger partial charge is 0.275 e. The quantitative estimate of drug-likeness (QED) is 0.415. The van der Waals surface area contributed by atoms with Gasteiger partial charge >= 0.3 is 0 Å². The molecule has 0 aliphatic carbocycles. The van der Waals surface area contributed by atoms with Crippen LogP contribution >= 0.6 is 11.8 Å². The van der Waals surface area contributed by atoms with E-state index in [-0.39, 0.29) is 28.0 Å². The van der Waals surface area contributed by atoms with Crippen LogP contribution in [0.25, 0.3) is 0 Å². The number of nitrogens with zero attached hydrogens (tertiary/aromatic N) is 3. The first-order chi connectivity index (χ1) is 16.6. The van der Waals surface area contributed by atoms with Gasteiger partial charge in [-0.2, -0.15) is 0 Å². The van der Waals surface area contributed by atoms with E-state index in [9.17, 15) is 13.6 Å². The molecule has 1 aliphatic heterocycles. The van der Waals surface area contributed by atoms with Crippen LogP contribution in [0.3, 0.4) is 0 Å². The van der Waals surface area contributed by atoms with Gasteiger partial charge in [0.1, 0.15) is 12.3 Å². The molecule has 3 rings (SSSR count). The van der Waals surface area contributed by atoms with Crippen LogP contribution in [0.5, 0.6) is 5.88 Å². The van der Waals surface area contributed by atoms with Gasteiger partial charge in [-0.05, 0) is 33.3 Å². The molecule has 0 saturated carbocycles. The molecule has 35 heavy (non-hydrogen) atoms. The number of thioether (sulfide) groups is 1. The molecule has 3 N–H and O–H groups in total. The maximum absolute atomic E-state index is 15.0. The summed E-state index contributed by atoms with van der Waals surface area (Å²) in [5.74, 6) is 3.04. The number of carbonyl (C=O) groups is 1. The Morgan fingerprint density at radius 2 is 2.06 bits per heavy atom. The van der Waals surface area contributed by atoms with E-state index in [1.165, 1.54) is 30.2 Å². The molecule has 0 bridgehead atoms. The Kier molecular flexibility index (Phi) is 8.30. The standard InChI is InChI=1S/C24H27F2N5O3S/c1-5-6-7-8-34-19-12-28-18(11-29-19)21(32)30-15-9-16(20(26)17(25)10-15)24(3)13-23(2,14-33-4)35-22(27)31-24/h9-12H,7-8,13-14H2,1-4H3,(H2,27,31)(H,30,32)/t23-,24+/m1/s1. The van der Waals surface area contributed by atoms with Crippen LogP contribution in [0.1, 0.15) is 49.7 Å². The number of amides is 1. The van der Waals surface area contributed by atoms with Gasteiger partial charge in [-0.25, -0.2) is 18.7 Å². The number of amidine groups is 1. The van der Waals surface area contributed by atoms with E-state index in [1.807, 2.05) is 6.92 Å². The lowest BCUT2D eigenvalue weighted by molar-refractivity contribution is 0.102. The van der Waals surface area contributed by atoms with Crippen LogP contribution in [-0.4, -0.2) is 46.1 Å². The number of nitrogens with one attached hydrogen (secondary N) is 1. The second-order valence-electron chi connectivity index (χ2n) is 8.42. The van der Waals surface area contributed by atoms with Crippen LogP contribution in [0.2, 0.25) is 0 Å². The molecule has 0 unspecified atom stereocenters. The highest BCUT2D eigenvalue weighted by Gasteiger charge is 2.44. The number of aromatic nitrogens is 2. The van der Waals surface area contributed by atoms with Crippen LogP contribution in [0.15, 0.2) is 29.5 Å². The minimum Gasteiger partial charge on any atom is -0.476 e. The molecule has 0 saturated heterocycles. The average molecular weight is 504 g/mol. The zero-order chi connectivity index (χ0) is 25.6. The number of anilines is 1. The minimum absolute atomic E-state index is 0.0211. The van der Waals surface area contributed by atoms with Crippen molar-refractivity contribution in [1.82, 2.24) is 9.97 Å². The number of hydrogen-bond donors (Lipinski definition) is 2. The number of ether oxygens (including phenoxy) is 2. The van der Waals surface area contributed by atoms with E-state index in [4.69, 9.17) is 15.2 Å². The Morgan fingerprint density at radius 3 is 2.71 bits per heavy atom. The zero-order valence-electron chi connectivity index (χ0n) is 19.9. The zero-order valence-corrected chi connectivity index (χ0v) is 20.8. The number of carbonyl (C=O) groups excluding carboxylic acids is 1. The predicted molar refractivity (Wildman–Crippen MR) is 131 cm³/mol. The van der Waals surface area contributed by atoms with Gasteiger partial charge in [0, 0.05) is 35.6 Å². The summed E-state index contributed by atoms with van der Waals surface area (Å²) >= 11 is 1.33. The van der Waals surface area contributed by atoms with Crippen molar-refractivity contribution in [1.29, 1.82) is 0 Å². The van der Waals surface area contributed by atoms with Crippen molar-refractivity contribution in [3.05, 3.63) is 47.4 Å². The van der Waals surface area contributed by atoms with Crippen molar-refractivity contribution in [3.8, 4) is 17.7 Å². The third kappa shape index (κ3) is 6.46. The Labute approximate surface area is 207 Å². The molecule has 1 amide bonds. The average Bonchev–Trinajstić information content (AvgIpc) is 2.78. The molecule has 2 heterocycles. The Balaban J connectivity index is 1.82. The van der Waals surface area contributed by atoms with E-state index >= 15 is 0 Å². The van der Waals surface area contributed by atoms with E-state index in [0.717, 1.165) is 6.07 Å². The largest absolute Gasteiger partial charge is 0.476 e. The summed E-state index contributed by atoms with van der Waals surface area (Å²) in [6.45, 7) is 6.01. The van der Waals surface area contributed by atoms with Gasteiger partial charge in [-0.1, -0.05) is 11.8 Å². The molecule has 1 aromatic heterocycles. The number of halogens is 2. The van der Waals surface area contributed by atoms with Crippen molar-refractivity contribution in [2.75, 3.05) is 25.6 Å². The van der Waals surface area contributed by atoms with E-state index in [0.29, 0.717) is 26.1 Å². The van der Waals surface area contributed by atoms with Crippen molar-refractivity contribution >= 4 is 28.5 Å². The summed E-state index contributed by atoms with van der Waals surface area (Å²) in [5.41, 5.74) is 4.86. The lowest BCUT2D eigenvalue weighted by Crippen LogP contribution is -2.43. The Bertz CT molecular complexity index is 1180. The minimum atomic E-state index is -1.17. The van der Waals surface area contributed by atoms with Crippen LogP contribution < -0.4 is 15.8 Å². The van der Waals surface area contributed by atoms with Crippen molar-refractivity contribution in [3.63, 3.8) is 0 Å². The number of benzene rings is 1. The van der Waals surface area contributed by atoms with Crippen LogP contribution in [-0.2, 0) is 10.3 Å². The summed E-state index contributed by atoms with van der Waals surface area (Å²) in [7, 11) is 1.56. The first kappa shape index (κ1) is 26.4. The molecule has 11 heteroatoms. The summed E-state index contributed by atoms with van der Waals surface area (Å²) in [6, 6.07) is 2.26. The van der Waals surface area contributed by atoms with Gasteiger partial charge in [-0.3, -0.25) is 9.79 Å². The summed E-state index contributed by atoms with van der Waals surface area (Å²) in [4.78, 5) is 25.2. The molecule has 0 spiro atoms. The fourth-order valence-electron chi connectivity index (χ4n) is 3.95. The van der Waals surface area contributed by atoms with Gasteiger partial charge in [0.25, 0.3) is 5.91 Å². The molecule has 1 aliphatic rings. The lowest BCUT2D eigenvalue weighted by Gasteiger charge is -2.41. The monoisotopic (exact) mass is 503 g/mol. The van der Waals surface area contributed by atoms with Gasteiger partial charge in [-0.15, -0.1) is 11.8 Å². The van der Waals surface area contributed by atoms with E-state index in [2.05, 4.69) is 32.1 Å². The molecular formula is C24H27F2N5O3S. The summed E-state index contributed by atoms with van der Waals surface area (Å²) < 4.78 is 39.7. The van der Waals surface area contributed by atoms with Crippen LogP contribution in [0, 0.1) is 23.5 Å². The predicted octanol–water partition coefficient (Wildman–Crippen LogP) is 3.87. The number of aliphatic imine (C=N–C) groups is 1. The Hall–Kier alpha value is -3.23. The molecular weight excluding hydrogens is 476 g/mol. The topological polar surface area (TPSA) is 112 Å². The first-order valence-corrected chi connectivity index (χ1v) is 11.6. The maximum Gasteiger partial charge on any atom is 0.275 e. The number of nitrogens with two attached hydrogens (primary N) is 1. The number of hydrogen-bond acceptors (Lipinski definition) is 8. The van der Waals surface area contributed by atoms with Crippen molar-refractivity contribution in [2.24, 2.45) is 10.7 Å². The summed E-state index contributed by atoms with van der Waals surface area (Å²) in [5, 5.41) is 2.79. The Morgan fingerprint density at radius 1 is 1.29 bits per heavy atom. The third-order valence-electron chi connectivity index (χ3n) is 5.26. The highest BCUT2D eigenvalue weighted by Crippen LogP contribution is 2.46. The molecule has 2 aromatic rings. The van der Waals surface area contributed by atoms with Gasteiger partial charge in [0.15, 0.2) is 16.8 Å². The maximum atomic E-state index is 15.0. The molecule has 186 valence electrons. The van der Waals surface area contributed by atoms with E-state index in [1.54, 1.807) is 21.0 Å². The molecule has 2 atom stereocenters. The number of rotatable bonds is 8. The fraction of sp³-hybridized carbons (Fsp3) is 0.417. The lowest BCUT2D eigenvalue weighted by atomic mass is 9.83. The van der Waals surface area contributed by atoms with Crippen molar-refractivity contribution < 1.29 is 23.0 Å². The van der Waals surface area contributed by atoms with Crippen LogP contribution in [0.4, 0.5) is 14.5 Å². The first-order valence-electron chi connectivity index (χ1n) is 10.8. The van der Waals surface area contributed by atoms with Gasteiger partial charge in [0.2, 0.25) is 5.88 Å². The summed E-state index contributed by atoms with van der Waals surface area (Å²) in [6.07, 6.45) is 3.41. The highest BCUT2D eigenvalue weighted by molar-refractivity contribution is 8.15. The van der Waals surface area contributed by atoms with Gasteiger partial charge < -0.3 is 20.5 Å².